The molecule has 1 amide bonds. The predicted molar refractivity (Wildman–Crippen MR) is 94.6 cm³/mol. The summed E-state index contributed by atoms with van der Waals surface area (Å²) in [4.78, 5) is 14.4. The smallest absolute Gasteiger partial charge is 0.225 e. The molecule has 0 atom stereocenters. The monoisotopic (exact) mass is 327 g/mol. The molecule has 1 spiro atoms. The van der Waals surface area contributed by atoms with Crippen molar-refractivity contribution in [2.75, 3.05) is 13.1 Å². The topological polar surface area (TPSA) is 40.5 Å². The van der Waals surface area contributed by atoms with Gasteiger partial charge in [0.15, 0.2) is 0 Å². The number of hydrogen-bond donors (Lipinski definition) is 1. The maximum Gasteiger partial charge on any atom is 0.225 e. The third kappa shape index (κ3) is 2.77. The van der Waals surface area contributed by atoms with E-state index in [2.05, 4.69) is 31.2 Å². The third-order valence-electron chi connectivity index (χ3n) is 6.54. The zero-order valence-electron chi connectivity index (χ0n) is 14.9. The van der Waals surface area contributed by atoms with E-state index in [1.165, 1.54) is 30.4 Å². The number of carbonyl (C=O) groups is 1. The lowest BCUT2D eigenvalue weighted by Crippen LogP contribution is -2.66. The zero-order valence-corrected chi connectivity index (χ0v) is 14.9. The summed E-state index contributed by atoms with van der Waals surface area (Å²) in [6, 6.07) is 8.82. The van der Waals surface area contributed by atoms with Gasteiger partial charge in [0.2, 0.25) is 5.91 Å². The van der Waals surface area contributed by atoms with Crippen LogP contribution >= 0.6 is 0 Å². The van der Waals surface area contributed by atoms with Crippen LogP contribution in [-0.2, 0) is 17.6 Å². The molecular formula is C21H29NO2. The molecule has 24 heavy (non-hydrogen) atoms. The molecule has 3 aliphatic rings. The molecule has 1 aromatic carbocycles. The van der Waals surface area contributed by atoms with Crippen LogP contribution in [-0.4, -0.2) is 34.6 Å². The molecule has 1 saturated heterocycles. The molecule has 4 rings (SSSR count). The molecule has 130 valence electrons. The minimum absolute atomic E-state index is 0.0738. The van der Waals surface area contributed by atoms with Crippen LogP contribution in [0.2, 0.25) is 0 Å². The van der Waals surface area contributed by atoms with Crippen LogP contribution in [0.1, 0.15) is 50.7 Å². The first-order chi connectivity index (χ1) is 11.4. The highest BCUT2D eigenvalue weighted by Crippen LogP contribution is 2.54. The van der Waals surface area contributed by atoms with Crippen molar-refractivity contribution in [3.8, 4) is 0 Å². The predicted octanol–water partition coefficient (Wildman–Crippen LogP) is 3.19. The van der Waals surface area contributed by atoms with Gasteiger partial charge in [-0.15, -0.1) is 0 Å². The van der Waals surface area contributed by atoms with E-state index in [1.807, 2.05) is 11.8 Å². The Morgan fingerprint density at radius 3 is 2.38 bits per heavy atom. The lowest BCUT2D eigenvalue weighted by molar-refractivity contribution is -0.171. The molecule has 2 saturated carbocycles. The largest absolute Gasteiger partial charge is 0.390 e. The molecule has 1 aliphatic heterocycles. The number of benzene rings is 1. The second-order valence-electron chi connectivity index (χ2n) is 8.90. The minimum Gasteiger partial charge on any atom is -0.390 e. The third-order valence-corrected chi connectivity index (χ3v) is 6.54. The number of hydrogen-bond acceptors (Lipinski definition) is 2. The summed E-state index contributed by atoms with van der Waals surface area (Å²) in [5.41, 5.74) is 2.83. The van der Waals surface area contributed by atoms with Crippen LogP contribution in [0, 0.1) is 17.3 Å². The summed E-state index contributed by atoms with van der Waals surface area (Å²) in [5.74, 6) is 1.15. The summed E-state index contributed by atoms with van der Waals surface area (Å²) in [7, 11) is 0. The van der Waals surface area contributed by atoms with Crippen molar-refractivity contribution in [1.29, 1.82) is 0 Å². The Kier molecular flexibility index (Phi) is 3.76. The number of amides is 1. The molecule has 3 heteroatoms. The highest BCUT2D eigenvalue weighted by atomic mass is 16.3. The summed E-state index contributed by atoms with van der Waals surface area (Å²) in [6.45, 7) is 5.97. The van der Waals surface area contributed by atoms with Crippen LogP contribution in [0.3, 0.4) is 0 Å². The Balaban J connectivity index is 1.25. The highest BCUT2D eigenvalue weighted by Gasteiger charge is 2.55. The van der Waals surface area contributed by atoms with Gasteiger partial charge in [-0.05, 0) is 62.5 Å². The zero-order chi connectivity index (χ0) is 16.9. The Morgan fingerprint density at radius 2 is 1.79 bits per heavy atom. The average Bonchev–Trinajstić information content (AvgIpc) is 2.45. The van der Waals surface area contributed by atoms with Crippen molar-refractivity contribution in [3.63, 3.8) is 0 Å². The highest BCUT2D eigenvalue weighted by molar-refractivity contribution is 5.81. The number of aryl methyl sites for hydroxylation is 1. The first-order valence-electron chi connectivity index (χ1n) is 9.48. The van der Waals surface area contributed by atoms with E-state index < -0.39 is 5.60 Å². The fourth-order valence-electron chi connectivity index (χ4n) is 5.33. The van der Waals surface area contributed by atoms with Gasteiger partial charge in [0.1, 0.15) is 0 Å². The lowest BCUT2D eigenvalue weighted by atomic mass is 9.56. The van der Waals surface area contributed by atoms with E-state index in [0.29, 0.717) is 18.3 Å². The standard InChI is InChI=1S/C21H29NO2/c1-3-16-6-4-5-7-17(16)8-15-9-21(10-15)13-22(14-21)19(23)18-11-20(2,24)12-18/h4-7,15,18,24H,3,8-14H2,1-2H3. The SMILES string of the molecule is CCc1ccccc1CC1CC2(C1)CN(C(=O)C1CC(C)(O)C1)C2. The normalized spacial score (nSPS) is 31.3. The second-order valence-corrected chi connectivity index (χ2v) is 8.90. The van der Waals surface area contributed by atoms with Crippen LogP contribution in [0.25, 0.3) is 0 Å². The van der Waals surface area contributed by atoms with Gasteiger partial charge in [-0.1, -0.05) is 31.2 Å². The van der Waals surface area contributed by atoms with E-state index in [4.69, 9.17) is 0 Å². The van der Waals surface area contributed by atoms with Crippen LogP contribution < -0.4 is 0 Å². The van der Waals surface area contributed by atoms with Crippen molar-refractivity contribution in [2.24, 2.45) is 17.3 Å². The lowest BCUT2D eigenvalue weighted by Gasteiger charge is -2.60. The molecule has 1 N–H and O–H groups in total. The van der Waals surface area contributed by atoms with E-state index >= 15 is 0 Å². The van der Waals surface area contributed by atoms with Gasteiger partial charge in [-0.2, -0.15) is 0 Å². The van der Waals surface area contributed by atoms with Gasteiger partial charge in [0.05, 0.1) is 5.60 Å². The number of rotatable bonds is 4. The molecule has 0 bridgehead atoms. The fraction of sp³-hybridized carbons (Fsp3) is 0.667. The van der Waals surface area contributed by atoms with Crippen LogP contribution in [0.4, 0.5) is 0 Å². The summed E-state index contributed by atoms with van der Waals surface area (Å²) in [6.07, 6.45) is 6.15. The molecule has 0 radical (unpaired) electrons. The van der Waals surface area contributed by atoms with Gasteiger partial charge >= 0.3 is 0 Å². The van der Waals surface area contributed by atoms with Crippen molar-refractivity contribution >= 4 is 5.91 Å². The Morgan fingerprint density at radius 1 is 1.17 bits per heavy atom. The minimum atomic E-state index is -0.600. The van der Waals surface area contributed by atoms with Gasteiger partial charge in [-0.3, -0.25) is 4.79 Å². The van der Waals surface area contributed by atoms with Gasteiger partial charge < -0.3 is 10.0 Å². The Bertz CT molecular complexity index is 629. The van der Waals surface area contributed by atoms with Gasteiger partial charge in [0.25, 0.3) is 0 Å². The van der Waals surface area contributed by atoms with Crippen LogP contribution in [0.5, 0.6) is 0 Å². The molecule has 0 aromatic heterocycles. The number of aliphatic hydroxyl groups is 1. The summed E-state index contributed by atoms with van der Waals surface area (Å²) in [5, 5.41) is 9.81. The Labute approximate surface area is 145 Å². The van der Waals surface area contributed by atoms with Gasteiger partial charge in [0, 0.05) is 24.4 Å². The maximum atomic E-state index is 12.4. The van der Waals surface area contributed by atoms with Crippen molar-refractivity contribution in [1.82, 2.24) is 4.90 Å². The molecule has 2 aliphatic carbocycles. The number of likely N-dealkylation sites (tertiary alicyclic amines) is 1. The average molecular weight is 327 g/mol. The van der Waals surface area contributed by atoms with E-state index in [1.54, 1.807) is 0 Å². The van der Waals surface area contributed by atoms with E-state index in [0.717, 1.165) is 25.4 Å². The summed E-state index contributed by atoms with van der Waals surface area (Å²) >= 11 is 0. The molecule has 3 fully saturated rings. The maximum absolute atomic E-state index is 12.4. The molecule has 1 aromatic rings. The second kappa shape index (κ2) is 5.59. The first-order valence-corrected chi connectivity index (χ1v) is 9.48. The molecule has 3 nitrogen and oxygen atoms in total. The Hall–Kier alpha value is -1.35. The van der Waals surface area contributed by atoms with Gasteiger partial charge in [-0.25, -0.2) is 0 Å². The molecule has 1 heterocycles. The van der Waals surface area contributed by atoms with Crippen molar-refractivity contribution in [3.05, 3.63) is 35.4 Å². The van der Waals surface area contributed by atoms with E-state index in [9.17, 15) is 9.90 Å². The van der Waals surface area contributed by atoms with E-state index in [-0.39, 0.29) is 11.8 Å². The molecule has 0 unspecified atom stereocenters. The quantitative estimate of drug-likeness (QED) is 0.922. The summed E-state index contributed by atoms with van der Waals surface area (Å²) < 4.78 is 0. The number of nitrogens with zero attached hydrogens (tertiary/aromatic N) is 1. The van der Waals surface area contributed by atoms with Crippen LogP contribution in [0.15, 0.2) is 24.3 Å². The van der Waals surface area contributed by atoms with Crippen molar-refractivity contribution < 1.29 is 9.90 Å². The fourth-order valence-corrected chi connectivity index (χ4v) is 5.33. The first kappa shape index (κ1) is 16.1. The van der Waals surface area contributed by atoms with Crippen molar-refractivity contribution in [2.45, 2.75) is 58.0 Å². The number of carbonyl (C=O) groups excluding carboxylic acids is 1. The molecular weight excluding hydrogens is 298 g/mol.